The number of carbonyl (C=O) groups is 6. The summed E-state index contributed by atoms with van der Waals surface area (Å²) in [5.74, 6) is -1.97. The van der Waals surface area contributed by atoms with Crippen LogP contribution in [-0.4, -0.2) is 90.5 Å². The van der Waals surface area contributed by atoms with Crippen molar-refractivity contribution in [3.63, 3.8) is 0 Å². The molecule has 99 heavy (non-hydrogen) atoms. The van der Waals surface area contributed by atoms with E-state index >= 15 is 0 Å². The summed E-state index contributed by atoms with van der Waals surface area (Å²) in [5.41, 5.74) is 9.87. The second kappa shape index (κ2) is 33.3. The number of hydrogen-bond acceptors (Lipinski definition) is 10. The molecule has 19 heteroatoms. The standard InChI is InChI=1S/2C27H30N4O2.C26H28N4O3/c2*1-18-11-13-19(14-12-18)15-21(17-28)29-26(32)22-8-4-5-9-23(22)30-27(33)25-16-20-7-3-6-10-24(20)31(25)2;1-30-23-9-5-2-6-18(23)15-24(30)26(33)29-22-8-4-3-7-21(22)25(32)28-19(16-27)14-17-10-12-20(31)13-11-17/h2*3,6-7,10-14,16,21-23H,4-5,8-9,15H2,1-2H3,(H,29,32)(H,30,33);2,5-6,9-13,15,19,21-22,31H,3-4,7-8,14H2,1H3,(H,28,32)(H,29,33)/t21-,22+,23-;21-,22-,23+;19-,21+,22-/m010/s1. The van der Waals surface area contributed by atoms with Crippen molar-refractivity contribution in [1.29, 1.82) is 15.8 Å². The first-order valence-corrected chi connectivity index (χ1v) is 34.4. The summed E-state index contributed by atoms with van der Waals surface area (Å²) in [7, 11) is 5.62. The molecule has 3 heterocycles. The Bertz CT molecular complexity index is 4020. The van der Waals surface area contributed by atoms with Crippen molar-refractivity contribution in [3.8, 4) is 24.0 Å². The normalized spacial score (nSPS) is 18.9. The molecule has 0 saturated heterocycles. The van der Waals surface area contributed by atoms with Crippen molar-refractivity contribution in [1.82, 2.24) is 45.6 Å². The third-order valence-corrected chi connectivity index (χ3v) is 19.7. The van der Waals surface area contributed by atoms with Gasteiger partial charge in [-0.25, -0.2) is 0 Å². The molecule has 3 saturated carbocycles. The largest absolute Gasteiger partial charge is 0.508 e. The maximum absolute atomic E-state index is 13.1. The molecule has 0 radical (unpaired) electrons. The number of para-hydroxylation sites is 3. The van der Waals surface area contributed by atoms with Gasteiger partial charge in [0.05, 0.1) is 36.0 Å². The minimum Gasteiger partial charge on any atom is -0.508 e. The molecule has 3 aliphatic carbocycles. The fraction of sp³-hybridized carbons (Fsp3) is 0.362. The van der Waals surface area contributed by atoms with Gasteiger partial charge in [0.2, 0.25) is 17.7 Å². The third kappa shape index (κ3) is 18.0. The molecule has 7 N–H and O–H groups in total. The lowest BCUT2D eigenvalue weighted by molar-refractivity contribution is -0.128. The number of nitrogens with zero attached hydrogens (tertiary/aromatic N) is 6. The highest BCUT2D eigenvalue weighted by molar-refractivity contribution is 6.01. The predicted molar refractivity (Wildman–Crippen MR) is 383 cm³/mol. The van der Waals surface area contributed by atoms with Gasteiger partial charge >= 0.3 is 0 Å². The van der Waals surface area contributed by atoms with Crippen molar-refractivity contribution >= 4 is 68.2 Å². The van der Waals surface area contributed by atoms with Crippen molar-refractivity contribution < 1.29 is 33.9 Å². The smallest absolute Gasteiger partial charge is 0.268 e. The summed E-state index contributed by atoms with van der Waals surface area (Å²) >= 11 is 0. The van der Waals surface area contributed by atoms with E-state index in [1.54, 1.807) is 24.3 Å². The summed E-state index contributed by atoms with van der Waals surface area (Å²) in [6.45, 7) is 4.03. The second-order valence-corrected chi connectivity index (χ2v) is 26.7. The van der Waals surface area contributed by atoms with Gasteiger partial charge in [-0.1, -0.05) is 165 Å². The molecule has 9 aromatic rings. The van der Waals surface area contributed by atoms with E-state index in [4.69, 9.17) is 0 Å². The zero-order valence-corrected chi connectivity index (χ0v) is 57.0. The maximum Gasteiger partial charge on any atom is 0.268 e. The Hall–Kier alpha value is -11.0. The Labute approximate surface area is 578 Å². The maximum atomic E-state index is 13.1. The molecule has 6 aromatic carbocycles. The molecular formula is C80H88N12O7. The predicted octanol–water partition coefficient (Wildman–Crippen LogP) is 11.5. The average molecular weight is 1330 g/mol. The fourth-order valence-electron chi connectivity index (χ4n) is 14.1. The molecular weight excluding hydrogens is 1240 g/mol. The molecule has 9 atom stereocenters. The Balaban J connectivity index is 0.000000161. The molecule has 3 fully saturated rings. The molecule has 3 aromatic heterocycles. The van der Waals surface area contributed by atoms with Crippen LogP contribution < -0.4 is 31.9 Å². The van der Waals surface area contributed by atoms with E-state index < -0.39 is 18.1 Å². The fourth-order valence-corrected chi connectivity index (χ4v) is 14.1. The molecule has 6 amide bonds. The monoisotopic (exact) mass is 1330 g/mol. The molecule has 19 nitrogen and oxygen atoms in total. The van der Waals surface area contributed by atoms with Crippen LogP contribution in [-0.2, 0) is 54.8 Å². The number of aromatic nitrogens is 3. The van der Waals surface area contributed by atoms with Gasteiger partial charge < -0.3 is 50.7 Å². The average Bonchev–Trinajstić information content (AvgIpc) is 1.64. The number of phenols is 1. The zero-order valence-electron chi connectivity index (χ0n) is 57.0. The highest BCUT2D eigenvalue weighted by Gasteiger charge is 2.37. The van der Waals surface area contributed by atoms with Crippen LogP contribution in [0, 0.1) is 65.6 Å². The van der Waals surface area contributed by atoms with Crippen molar-refractivity contribution in [2.45, 2.75) is 146 Å². The van der Waals surface area contributed by atoms with Crippen LogP contribution in [0.25, 0.3) is 32.7 Å². The van der Waals surface area contributed by atoms with Crippen LogP contribution in [0.4, 0.5) is 0 Å². The number of amides is 6. The molecule has 0 aliphatic heterocycles. The van der Waals surface area contributed by atoms with Gasteiger partial charge in [-0.05, 0) is 118 Å². The summed E-state index contributed by atoms with van der Waals surface area (Å²) in [4.78, 5) is 78.6. The van der Waals surface area contributed by atoms with E-state index in [1.807, 2.05) is 188 Å². The SMILES string of the molecule is Cc1ccc(C[C@@H](C#N)NC(=O)[C@@H]2CCCC[C@@H]2NC(=O)c2cc3ccccc3n2C)cc1.Cc1ccc(C[C@H](C#N)NC(=O)[C@@H]2CCCC[C@@H]2NC(=O)c2cc3ccccc3n2C)cc1.Cn1c(C(=O)N[C@H]2CCCC[C@H]2C(=O)N[C@H](C#N)Cc2ccc(O)cc2)cc2ccccc21. The first-order chi connectivity index (χ1) is 47.9. The lowest BCUT2D eigenvalue weighted by Crippen LogP contribution is -2.50. The van der Waals surface area contributed by atoms with Crippen molar-refractivity contribution in [2.24, 2.45) is 38.9 Å². The highest BCUT2D eigenvalue weighted by Crippen LogP contribution is 2.30. The van der Waals surface area contributed by atoms with E-state index in [1.165, 1.54) is 0 Å². The summed E-state index contributed by atoms with van der Waals surface area (Å²) in [6.07, 6.45) is 11.2. The van der Waals surface area contributed by atoms with E-state index in [-0.39, 0.29) is 77.1 Å². The van der Waals surface area contributed by atoms with Crippen LogP contribution >= 0.6 is 0 Å². The second-order valence-electron chi connectivity index (χ2n) is 26.7. The lowest BCUT2D eigenvalue weighted by Gasteiger charge is -2.32. The van der Waals surface area contributed by atoms with E-state index in [0.29, 0.717) is 55.6 Å². The molecule has 0 unspecified atom stereocenters. The van der Waals surface area contributed by atoms with Crippen molar-refractivity contribution in [2.75, 3.05) is 0 Å². The van der Waals surface area contributed by atoms with Gasteiger partial charge in [0, 0.05) is 91.2 Å². The number of aromatic hydroxyl groups is 1. The quantitative estimate of drug-likeness (QED) is 0.0426. The number of nitriles is 3. The Morgan fingerprint density at radius 1 is 0.404 bits per heavy atom. The summed E-state index contributed by atoms with van der Waals surface area (Å²) in [6, 6.07) is 55.7. The number of benzene rings is 6. The Kier molecular flexibility index (Phi) is 23.8. The molecule has 510 valence electrons. The summed E-state index contributed by atoms with van der Waals surface area (Å²) in [5, 5.41) is 59.2. The minimum atomic E-state index is -0.682. The number of fused-ring (bicyclic) bond motifs is 3. The first kappa shape index (κ1) is 70.8. The van der Waals surface area contributed by atoms with Gasteiger partial charge in [0.15, 0.2) is 0 Å². The number of nitrogens with one attached hydrogen (secondary N) is 6. The van der Waals surface area contributed by atoms with Gasteiger partial charge in [-0.3, -0.25) is 28.8 Å². The minimum absolute atomic E-state index is 0.156. The first-order valence-electron chi connectivity index (χ1n) is 34.4. The number of hydrogen-bond donors (Lipinski definition) is 7. The topological polar surface area (TPSA) is 281 Å². The Morgan fingerprint density at radius 3 is 0.939 bits per heavy atom. The molecule has 12 rings (SSSR count). The van der Waals surface area contributed by atoms with Gasteiger partial charge in [0.25, 0.3) is 17.7 Å². The van der Waals surface area contributed by atoms with Gasteiger partial charge in [-0.2, -0.15) is 15.8 Å². The van der Waals surface area contributed by atoms with Gasteiger partial charge in [0.1, 0.15) is 41.0 Å². The van der Waals surface area contributed by atoms with E-state index in [0.717, 1.165) is 118 Å². The van der Waals surface area contributed by atoms with Crippen LogP contribution in [0.2, 0.25) is 0 Å². The van der Waals surface area contributed by atoms with Crippen LogP contribution in [0.15, 0.2) is 164 Å². The molecule has 0 bridgehead atoms. The number of phenolic OH excluding ortho intramolecular Hbond substituents is 1. The summed E-state index contributed by atoms with van der Waals surface area (Å²) < 4.78 is 5.64. The van der Waals surface area contributed by atoms with Crippen molar-refractivity contribution in [3.05, 3.63) is 209 Å². The molecule has 3 aliphatic rings. The molecule has 0 spiro atoms. The van der Waals surface area contributed by atoms with Crippen LogP contribution in [0.3, 0.4) is 0 Å². The van der Waals surface area contributed by atoms with E-state index in [2.05, 4.69) is 50.1 Å². The Morgan fingerprint density at radius 2 is 0.667 bits per heavy atom. The lowest BCUT2D eigenvalue weighted by atomic mass is 9.83. The van der Waals surface area contributed by atoms with Crippen LogP contribution in [0.5, 0.6) is 5.75 Å². The van der Waals surface area contributed by atoms with Gasteiger partial charge in [-0.15, -0.1) is 0 Å². The number of aryl methyl sites for hydroxylation is 5. The number of rotatable bonds is 18. The van der Waals surface area contributed by atoms with Crippen LogP contribution in [0.1, 0.15) is 136 Å². The highest BCUT2D eigenvalue weighted by atomic mass is 16.3. The third-order valence-electron chi connectivity index (χ3n) is 19.7. The number of carbonyl (C=O) groups excluding carboxylic acids is 6. The van der Waals surface area contributed by atoms with E-state index in [9.17, 15) is 49.7 Å². The zero-order chi connectivity index (χ0) is 70.1.